The zero-order valence-corrected chi connectivity index (χ0v) is 34.5. The monoisotopic (exact) mass is 807 g/mol. The second kappa shape index (κ2) is 16.6. The maximum atomic E-state index is 7.14. The molecule has 0 unspecified atom stereocenters. The third kappa shape index (κ3) is 7.45. The molecule has 0 radical (unpaired) electrons. The predicted molar refractivity (Wildman–Crippen MR) is 261 cm³/mol. The van der Waals surface area contributed by atoms with Gasteiger partial charge in [0.1, 0.15) is 5.58 Å². The molecule has 63 heavy (non-hydrogen) atoms. The van der Waals surface area contributed by atoms with E-state index in [9.17, 15) is 0 Å². The van der Waals surface area contributed by atoms with Crippen LogP contribution in [-0.2, 0) is 0 Å². The highest BCUT2D eigenvalue weighted by atomic mass is 16.3. The van der Waals surface area contributed by atoms with E-state index in [4.69, 9.17) is 14.4 Å². The standard InChI is InChI=1S/C59H41N3O/c1-5-17-41(18-6-1)43-25-14-28-49(36-33-43)62(50-37-34-44(35-38-50)42-19-7-2-8-20-42)56-32-16-31-53-52-30-15-29-51(57(52)63-58(53)56)47-26-13-27-48(39-47)59-60-54(45-21-9-3-10-22-45)40-55(61-59)46-23-11-4-12-24-46/h1-13,15-40H,14H2. The number of benzene rings is 8. The molecule has 298 valence electrons. The first-order chi connectivity index (χ1) is 31.2. The second-order valence-corrected chi connectivity index (χ2v) is 15.7. The van der Waals surface area contributed by atoms with Gasteiger partial charge >= 0.3 is 0 Å². The normalized spacial score (nSPS) is 12.5. The van der Waals surface area contributed by atoms with Crippen molar-refractivity contribution in [1.82, 2.24) is 9.97 Å². The van der Waals surface area contributed by atoms with Crippen molar-refractivity contribution in [3.63, 3.8) is 0 Å². The number of aromatic nitrogens is 2. The molecule has 8 aromatic carbocycles. The van der Waals surface area contributed by atoms with Gasteiger partial charge in [-0.3, -0.25) is 0 Å². The van der Waals surface area contributed by atoms with E-state index in [1.165, 1.54) is 22.3 Å². The molecule has 0 fully saturated rings. The Hall–Kier alpha value is -8.34. The molecule has 10 aromatic rings. The number of rotatable bonds is 9. The minimum atomic E-state index is 0.666. The molecule has 4 nitrogen and oxygen atoms in total. The third-order valence-corrected chi connectivity index (χ3v) is 11.7. The van der Waals surface area contributed by atoms with Gasteiger partial charge in [0.15, 0.2) is 11.4 Å². The largest absolute Gasteiger partial charge is 0.453 e. The molecule has 0 saturated heterocycles. The average Bonchev–Trinajstić information content (AvgIpc) is 3.59. The summed E-state index contributed by atoms with van der Waals surface area (Å²) in [7, 11) is 0. The zero-order chi connectivity index (χ0) is 42.0. The van der Waals surface area contributed by atoms with Crippen LogP contribution in [0.5, 0.6) is 0 Å². The van der Waals surface area contributed by atoms with Gasteiger partial charge in [-0.25, -0.2) is 9.97 Å². The van der Waals surface area contributed by atoms with Gasteiger partial charge in [-0.2, -0.15) is 0 Å². The smallest absolute Gasteiger partial charge is 0.160 e. The van der Waals surface area contributed by atoms with Gasteiger partial charge in [0.25, 0.3) is 0 Å². The van der Waals surface area contributed by atoms with Crippen LogP contribution in [0.3, 0.4) is 0 Å². The maximum absolute atomic E-state index is 7.14. The molecule has 4 heteroatoms. The summed E-state index contributed by atoms with van der Waals surface area (Å²) in [6, 6.07) is 74.0. The van der Waals surface area contributed by atoms with Gasteiger partial charge in [-0.15, -0.1) is 0 Å². The lowest BCUT2D eigenvalue weighted by Gasteiger charge is -2.26. The Balaban J connectivity index is 1.03. The number of hydrogen-bond donors (Lipinski definition) is 0. The van der Waals surface area contributed by atoms with E-state index >= 15 is 0 Å². The van der Waals surface area contributed by atoms with Gasteiger partial charge in [0, 0.05) is 44.4 Å². The molecule has 0 saturated carbocycles. The Kier molecular flexibility index (Phi) is 9.92. The first-order valence-corrected chi connectivity index (χ1v) is 21.4. The number of hydrogen-bond acceptors (Lipinski definition) is 4. The highest BCUT2D eigenvalue weighted by Gasteiger charge is 2.22. The van der Waals surface area contributed by atoms with Gasteiger partial charge in [-0.05, 0) is 70.7 Å². The van der Waals surface area contributed by atoms with Gasteiger partial charge in [0.05, 0.1) is 17.1 Å². The molecule has 0 amide bonds. The van der Waals surface area contributed by atoms with Crippen LogP contribution in [-0.4, -0.2) is 9.97 Å². The first kappa shape index (κ1) is 37.6. The average molecular weight is 808 g/mol. The fraction of sp³-hybridized carbons (Fsp3) is 0.0169. The van der Waals surface area contributed by atoms with Crippen molar-refractivity contribution in [2.45, 2.75) is 6.42 Å². The summed E-state index contributed by atoms with van der Waals surface area (Å²) in [5.74, 6) is 0.666. The van der Waals surface area contributed by atoms with Crippen LogP contribution >= 0.6 is 0 Å². The van der Waals surface area contributed by atoms with E-state index in [0.29, 0.717) is 5.82 Å². The van der Waals surface area contributed by atoms with E-state index in [-0.39, 0.29) is 0 Å². The lowest BCUT2D eigenvalue weighted by atomic mass is 9.99. The van der Waals surface area contributed by atoms with E-state index in [1.54, 1.807) is 0 Å². The Morgan fingerprint density at radius 1 is 0.397 bits per heavy atom. The summed E-state index contributed by atoms with van der Waals surface area (Å²) < 4.78 is 7.14. The molecule has 2 heterocycles. The Labute approximate surface area is 367 Å². The minimum Gasteiger partial charge on any atom is -0.453 e. The fourth-order valence-corrected chi connectivity index (χ4v) is 8.61. The zero-order valence-electron chi connectivity index (χ0n) is 34.5. The van der Waals surface area contributed by atoms with Crippen molar-refractivity contribution in [2.24, 2.45) is 0 Å². The van der Waals surface area contributed by atoms with Crippen LogP contribution in [0.4, 0.5) is 11.4 Å². The van der Waals surface area contributed by atoms with Crippen LogP contribution in [0.25, 0.3) is 83.7 Å². The molecule has 0 atom stereocenters. The van der Waals surface area contributed by atoms with Crippen molar-refractivity contribution < 1.29 is 4.42 Å². The summed E-state index contributed by atoms with van der Waals surface area (Å²) in [6.45, 7) is 0. The third-order valence-electron chi connectivity index (χ3n) is 11.7. The van der Waals surface area contributed by atoms with Crippen LogP contribution in [0, 0.1) is 0 Å². The summed E-state index contributed by atoms with van der Waals surface area (Å²) in [4.78, 5) is 12.6. The van der Waals surface area contributed by atoms with Gasteiger partial charge in [-0.1, -0.05) is 200 Å². The van der Waals surface area contributed by atoms with Crippen molar-refractivity contribution >= 4 is 38.9 Å². The number of furan rings is 1. The summed E-state index contributed by atoms with van der Waals surface area (Å²) in [6.07, 6.45) is 9.84. The van der Waals surface area contributed by atoms with E-state index in [2.05, 4.69) is 205 Å². The predicted octanol–water partition coefficient (Wildman–Crippen LogP) is 15.8. The molecule has 0 spiro atoms. The maximum Gasteiger partial charge on any atom is 0.160 e. The molecule has 0 bridgehead atoms. The first-order valence-electron chi connectivity index (χ1n) is 21.4. The van der Waals surface area contributed by atoms with Crippen molar-refractivity contribution in [3.8, 4) is 56.2 Å². The molecule has 1 aliphatic rings. The van der Waals surface area contributed by atoms with Gasteiger partial charge < -0.3 is 9.32 Å². The molecular formula is C59H41N3O. The molecular weight excluding hydrogens is 767 g/mol. The lowest BCUT2D eigenvalue weighted by molar-refractivity contribution is 0.670. The highest BCUT2D eigenvalue weighted by molar-refractivity contribution is 6.13. The second-order valence-electron chi connectivity index (χ2n) is 15.7. The summed E-state index contributed by atoms with van der Waals surface area (Å²) in [5, 5.41) is 2.11. The Morgan fingerprint density at radius 2 is 0.937 bits per heavy atom. The Morgan fingerprint density at radius 3 is 1.60 bits per heavy atom. The van der Waals surface area contributed by atoms with Crippen molar-refractivity contribution in [1.29, 1.82) is 0 Å². The minimum absolute atomic E-state index is 0.666. The number of anilines is 2. The van der Waals surface area contributed by atoms with Crippen molar-refractivity contribution in [2.75, 3.05) is 4.90 Å². The van der Waals surface area contributed by atoms with Crippen molar-refractivity contribution in [3.05, 3.63) is 248 Å². The number of allylic oxidation sites excluding steroid dienone is 5. The number of nitrogens with zero attached hydrogens (tertiary/aromatic N) is 3. The van der Waals surface area contributed by atoms with E-state index in [0.717, 1.165) is 84.6 Å². The Bertz CT molecular complexity index is 3270. The van der Waals surface area contributed by atoms with Crippen LogP contribution < -0.4 is 4.90 Å². The molecule has 11 rings (SSSR count). The summed E-state index contributed by atoms with van der Waals surface area (Å²) >= 11 is 0. The van der Waals surface area contributed by atoms with Crippen LogP contribution in [0.2, 0.25) is 0 Å². The SMILES string of the molecule is C1=CC(N(c2ccc(-c3ccccc3)cc2)c2cccc3c2oc2c(-c4cccc(-c5nc(-c6ccccc6)cc(-c6ccccc6)n5)c4)cccc23)=CCC=C1c1ccccc1. The van der Waals surface area contributed by atoms with Crippen LogP contribution in [0.15, 0.2) is 247 Å². The number of fused-ring (bicyclic) bond motifs is 3. The topological polar surface area (TPSA) is 42.2 Å². The summed E-state index contributed by atoms with van der Waals surface area (Å²) in [5.41, 5.74) is 16.3. The van der Waals surface area contributed by atoms with Gasteiger partial charge in [0.2, 0.25) is 0 Å². The lowest BCUT2D eigenvalue weighted by Crippen LogP contribution is -2.15. The van der Waals surface area contributed by atoms with Crippen LogP contribution in [0.1, 0.15) is 12.0 Å². The molecule has 0 N–H and O–H groups in total. The molecule has 1 aliphatic carbocycles. The molecule has 2 aromatic heterocycles. The van der Waals surface area contributed by atoms with E-state index < -0.39 is 0 Å². The number of para-hydroxylation sites is 2. The quantitative estimate of drug-likeness (QED) is 0.146. The molecule has 0 aliphatic heterocycles. The van der Waals surface area contributed by atoms with E-state index in [1.807, 2.05) is 36.4 Å². The highest BCUT2D eigenvalue weighted by Crippen LogP contribution is 2.44. The fourth-order valence-electron chi connectivity index (χ4n) is 8.61.